The summed E-state index contributed by atoms with van der Waals surface area (Å²) >= 11 is 7.16. The Labute approximate surface area is 147 Å². The first kappa shape index (κ1) is 16.4. The third kappa shape index (κ3) is 3.72. The number of thiophene rings is 1. The van der Waals surface area contributed by atoms with Gasteiger partial charge in [-0.1, -0.05) is 23.7 Å². The van der Waals surface area contributed by atoms with Gasteiger partial charge in [0.15, 0.2) is 0 Å². The largest absolute Gasteiger partial charge is 0.351 e. The van der Waals surface area contributed by atoms with Crippen molar-refractivity contribution < 1.29 is 9.72 Å². The predicted molar refractivity (Wildman–Crippen MR) is 96.0 cm³/mol. The summed E-state index contributed by atoms with van der Waals surface area (Å²) in [5, 5.41) is 15.1. The first-order valence-corrected chi connectivity index (χ1v) is 8.43. The van der Waals surface area contributed by atoms with E-state index in [1.54, 1.807) is 12.1 Å². The monoisotopic (exact) mass is 360 g/mol. The molecule has 0 saturated carbocycles. The van der Waals surface area contributed by atoms with Crippen molar-refractivity contribution in [2.75, 3.05) is 6.54 Å². The molecule has 5 nitrogen and oxygen atoms in total. The summed E-state index contributed by atoms with van der Waals surface area (Å²) in [5.74, 6) is -0.173. The van der Waals surface area contributed by atoms with Crippen LogP contribution in [-0.4, -0.2) is 17.4 Å². The van der Waals surface area contributed by atoms with E-state index in [0.717, 1.165) is 10.3 Å². The van der Waals surface area contributed by atoms with Crippen LogP contribution in [-0.2, 0) is 6.42 Å². The summed E-state index contributed by atoms with van der Waals surface area (Å²) in [7, 11) is 0. The van der Waals surface area contributed by atoms with E-state index in [4.69, 9.17) is 11.6 Å². The topological polar surface area (TPSA) is 72.2 Å². The Morgan fingerprint density at radius 1 is 1.17 bits per heavy atom. The second kappa shape index (κ2) is 6.98. The Hall–Kier alpha value is -2.44. The fourth-order valence-electron chi connectivity index (χ4n) is 2.31. The molecule has 24 heavy (non-hydrogen) atoms. The standard InChI is InChI=1S/C17H13ClN2O3S/c18-13-3-1-11(2-4-13)7-8-19-17(21)16-10-12-9-14(20(22)23)5-6-15(12)24-16/h1-6,9-10H,7-8H2,(H,19,21). The molecule has 1 heterocycles. The van der Waals surface area contributed by atoms with Crippen LogP contribution in [0.5, 0.6) is 0 Å². The molecule has 1 amide bonds. The number of hydrogen-bond donors (Lipinski definition) is 1. The lowest BCUT2D eigenvalue weighted by Crippen LogP contribution is -2.24. The second-order valence-electron chi connectivity index (χ2n) is 5.22. The summed E-state index contributed by atoms with van der Waals surface area (Å²) in [6, 6.07) is 13.8. The van der Waals surface area contributed by atoms with Crippen LogP contribution in [0, 0.1) is 10.1 Å². The van der Waals surface area contributed by atoms with Crippen LogP contribution in [0.15, 0.2) is 48.5 Å². The molecule has 0 fully saturated rings. The molecular formula is C17H13ClN2O3S. The maximum atomic E-state index is 12.2. The number of nitro groups is 1. The molecule has 0 bridgehead atoms. The first-order chi connectivity index (χ1) is 11.5. The van der Waals surface area contributed by atoms with Crippen LogP contribution < -0.4 is 5.32 Å². The summed E-state index contributed by atoms with van der Waals surface area (Å²) in [6.07, 6.45) is 0.708. The van der Waals surface area contributed by atoms with E-state index in [1.807, 2.05) is 24.3 Å². The van der Waals surface area contributed by atoms with E-state index >= 15 is 0 Å². The SMILES string of the molecule is O=C(NCCc1ccc(Cl)cc1)c1cc2cc([N+](=O)[O-])ccc2s1. The minimum Gasteiger partial charge on any atom is -0.351 e. The fourth-order valence-corrected chi connectivity index (χ4v) is 3.40. The number of carbonyl (C=O) groups excluding carboxylic acids is 1. The number of hydrogen-bond acceptors (Lipinski definition) is 4. The molecule has 0 aliphatic carbocycles. The smallest absolute Gasteiger partial charge is 0.270 e. The number of fused-ring (bicyclic) bond motifs is 1. The number of halogens is 1. The average molecular weight is 361 g/mol. The van der Waals surface area contributed by atoms with Crippen molar-refractivity contribution in [1.29, 1.82) is 0 Å². The Bertz CT molecular complexity index is 906. The highest BCUT2D eigenvalue weighted by atomic mass is 35.5. The van der Waals surface area contributed by atoms with Crippen LogP contribution >= 0.6 is 22.9 Å². The third-order valence-corrected chi connectivity index (χ3v) is 4.91. The normalized spacial score (nSPS) is 10.7. The van der Waals surface area contributed by atoms with Crippen molar-refractivity contribution in [3.63, 3.8) is 0 Å². The molecule has 0 unspecified atom stereocenters. The zero-order chi connectivity index (χ0) is 17.1. The van der Waals surface area contributed by atoms with Crippen LogP contribution in [0.3, 0.4) is 0 Å². The van der Waals surface area contributed by atoms with E-state index in [2.05, 4.69) is 5.32 Å². The van der Waals surface area contributed by atoms with Gasteiger partial charge in [0.2, 0.25) is 0 Å². The number of non-ortho nitro benzene ring substituents is 1. The van der Waals surface area contributed by atoms with Crippen LogP contribution in [0.2, 0.25) is 5.02 Å². The molecule has 122 valence electrons. The molecule has 0 spiro atoms. The first-order valence-electron chi connectivity index (χ1n) is 7.23. The van der Waals surface area contributed by atoms with Crippen molar-refractivity contribution in [3.05, 3.63) is 74.1 Å². The predicted octanol–water partition coefficient (Wildman–Crippen LogP) is 4.44. The number of nitrogens with zero attached hydrogens (tertiary/aromatic N) is 1. The fraction of sp³-hybridized carbons (Fsp3) is 0.118. The van der Waals surface area contributed by atoms with Gasteiger partial charge in [0.05, 0.1) is 9.80 Å². The molecule has 0 aliphatic heterocycles. The number of benzene rings is 2. The Kier molecular flexibility index (Phi) is 4.78. The van der Waals surface area contributed by atoms with E-state index < -0.39 is 4.92 Å². The zero-order valence-electron chi connectivity index (χ0n) is 12.5. The van der Waals surface area contributed by atoms with E-state index in [0.29, 0.717) is 28.3 Å². The highest BCUT2D eigenvalue weighted by Gasteiger charge is 2.13. The molecule has 3 aromatic rings. The van der Waals surface area contributed by atoms with Gasteiger partial charge in [-0.2, -0.15) is 0 Å². The summed E-state index contributed by atoms with van der Waals surface area (Å²) in [4.78, 5) is 23.1. The molecular weight excluding hydrogens is 348 g/mol. The maximum absolute atomic E-state index is 12.2. The quantitative estimate of drug-likeness (QED) is 0.540. The second-order valence-corrected chi connectivity index (χ2v) is 6.74. The van der Waals surface area contributed by atoms with Crippen molar-refractivity contribution in [2.24, 2.45) is 0 Å². The third-order valence-electron chi connectivity index (χ3n) is 3.55. The molecule has 0 atom stereocenters. The van der Waals surface area contributed by atoms with Gasteiger partial charge in [0, 0.05) is 33.8 Å². The number of rotatable bonds is 5. The van der Waals surface area contributed by atoms with Crippen molar-refractivity contribution in [3.8, 4) is 0 Å². The number of amides is 1. The van der Waals surface area contributed by atoms with Crippen molar-refractivity contribution >= 4 is 44.6 Å². The molecule has 0 aliphatic rings. The van der Waals surface area contributed by atoms with Crippen LogP contribution in [0.4, 0.5) is 5.69 Å². The molecule has 3 rings (SSSR count). The highest BCUT2D eigenvalue weighted by molar-refractivity contribution is 7.20. The minimum atomic E-state index is -0.442. The Balaban J connectivity index is 1.65. The molecule has 0 saturated heterocycles. The van der Waals surface area contributed by atoms with Gasteiger partial charge in [0.25, 0.3) is 11.6 Å². The summed E-state index contributed by atoms with van der Waals surface area (Å²) in [5.41, 5.74) is 1.11. The molecule has 0 radical (unpaired) electrons. The minimum absolute atomic E-state index is 0.0231. The number of nitro benzene ring substituents is 1. The number of carbonyl (C=O) groups is 1. The highest BCUT2D eigenvalue weighted by Crippen LogP contribution is 2.28. The lowest BCUT2D eigenvalue weighted by Gasteiger charge is -2.04. The van der Waals surface area contributed by atoms with E-state index in [1.165, 1.54) is 23.5 Å². The van der Waals surface area contributed by atoms with Gasteiger partial charge in [-0.25, -0.2) is 0 Å². The number of nitrogens with one attached hydrogen (secondary N) is 1. The molecule has 7 heteroatoms. The molecule has 1 aromatic heterocycles. The van der Waals surface area contributed by atoms with Gasteiger partial charge in [-0.15, -0.1) is 11.3 Å². The van der Waals surface area contributed by atoms with Crippen LogP contribution in [0.25, 0.3) is 10.1 Å². The summed E-state index contributed by atoms with van der Waals surface area (Å²) in [6.45, 7) is 0.509. The lowest BCUT2D eigenvalue weighted by molar-refractivity contribution is -0.384. The lowest BCUT2D eigenvalue weighted by atomic mass is 10.1. The van der Waals surface area contributed by atoms with Gasteiger partial charge in [0.1, 0.15) is 0 Å². The van der Waals surface area contributed by atoms with Crippen molar-refractivity contribution in [2.45, 2.75) is 6.42 Å². The van der Waals surface area contributed by atoms with Crippen LogP contribution in [0.1, 0.15) is 15.2 Å². The average Bonchev–Trinajstić information content (AvgIpc) is 2.99. The van der Waals surface area contributed by atoms with E-state index in [-0.39, 0.29) is 11.6 Å². The van der Waals surface area contributed by atoms with E-state index in [9.17, 15) is 14.9 Å². The van der Waals surface area contributed by atoms with Gasteiger partial charge >= 0.3 is 0 Å². The van der Waals surface area contributed by atoms with Gasteiger partial charge < -0.3 is 5.32 Å². The van der Waals surface area contributed by atoms with Gasteiger partial charge in [-0.3, -0.25) is 14.9 Å². The Morgan fingerprint density at radius 3 is 2.62 bits per heavy atom. The molecule has 2 aromatic carbocycles. The summed E-state index contributed by atoms with van der Waals surface area (Å²) < 4.78 is 0.850. The molecule has 1 N–H and O–H groups in total. The maximum Gasteiger partial charge on any atom is 0.270 e. The van der Waals surface area contributed by atoms with Crippen molar-refractivity contribution in [1.82, 2.24) is 5.32 Å². The zero-order valence-corrected chi connectivity index (χ0v) is 14.1. The Morgan fingerprint density at radius 2 is 1.92 bits per heavy atom. The van der Waals surface area contributed by atoms with Gasteiger partial charge in [-0.05, 0) is 36.2 Å².